The van der Waals surface area contributed by atoms with Gasteiger partial charge in [-0.2, -0.15) is 0 Å². The van der Waals surface area contributed by atoms with Gasteiger partial charge in [-0.05, 0) is 47.6 Å². The van der Waals surface area contributed by atoms with Crippen molar-refractivity contribution in [3.63, 3.8) is 0 Å². The van der Waals surface area contributed by atoms with Crippen molar-refractivity contribution in [1.82, 2.24) is 10.2 Å². The molecule has 194 valence electrons. The lowest BCUT2D eigenvalue weighted by Crippen LogP contribution is -2.68. The van der Waals surface area contributed by atoms with Gasteiger partial charge in [0.1, 0.15) is 5.75 Å². The summed E-state index contributed by atoms with van der Waals surface area (Å²) in [6.45, 7) is 6.57. The smallest absolute Gasteiger partial charge is 0.308 e. The SMILES string of the molecule is COc1ccc(C(C)C)cc1CN[C@@H]1[C@@H]2CCN(C[C@H]2C(=O)O)[C@@H]1C(c1ccccc1)c1ccccc1. The number of piperidine rings is 3. The van der Waals surface area contributed by atoms with Crippen LogP contribution in [-0.2, 0) is 11.3 Å². The minimum Gasteiger partial charge on any atom is -0.496 e. The second-order valence-corrected chi connectivity index (χ2v) is 10.8. The standard InChI is InChI=1S/C32H38N2O3/c1-21(2)24-14-15-28(37-3)25(18-24)19-33-30-26-16-17-34(20-27(26)32(35)36)31(30)29(22-10-6-4-7-11-22)23-12-8-5-9-13-23/h4-15,18,21,26-27,29-31,33H,16-17,19-20H2,1-3H3,(H,35,36)/t26-,27-,30-,31-/m1/s1. The maximum absolute atomic E-state index is 12.3. The van der Waals surface area contributed by atoms with Gasteiger partial charge in [0.25, 0.3) is 0 Å². The fourth-order valence-corrected chi connectivity index (χ4v) is 6.56. The van der Waals surface area contributed by atoms with Gasteiger partial charge in [0.2, 0.25) is 0 Å². The van der Waals surface area contributed by atoms with Crippen LogP contribution in [0, 0.1) is 11.8 Å². The zero-order valence-electron chi connectivity index (χ0n) is 22.0. The van der Waals surface area contributed by atoms with E-state index in [4.69, 9.17) is 4.74 Å². The summed E-state index contributed by atoms with van der Waals surface area (Å²) in [5.41, 5.74) is 4.93. The summed E-state index contributed by atoms with van der Waals surface area (Å²) >= 11 is 0. The Hall–Kier alpha value is -3.15. The van der Waals surface area contributed by atoms with Gasteiger partial charge < -0.3 is 15.2 Å². The summed E-state index contributed by atoms with van der Waals surface area (Å²) in [6.07, 6.45) is 0.893. The molecule has 3 saturated heterocycles. The molecule has 3 aromatic rings. The Morgan fingerprint density at radius 3 is 2.22 bits per heavy atom. The molecule has 0 spiro atoms. The predicted molar refractivity (Wildman–Crippen MR) is 147 cm³/mol. The van der Waals surface area contributed by atoms with E-state index in [-0.39, 0.29) is 29.8 Å². The third-order valence-electron chi connectivity index (χ3n) is 8.42. The summed E-state index contributed by atoms with van der Waals surface area (Å²) in [7, 11) is 1.71. The third kappa shape index (κ3) is 5.16. The highest BCUT2D eigenvalue weighted by Crippen LogP contribution is 2.44. The van der Waals surface area contributed by atoms with Crippen molar-refractivity contribution in [1.29, 1.82) is 0 Å². The highest BCUT2D eigenvalue weighted by molar-refractivity contribution is 5.71. The third-order valence-corrected chi connectivity index (χ3v) is 8.42. The van der Waals surface area contributed by atoms with Crippen LogP contribution in [0.1, 0.15) is 54.4 Å². The van der Waals surface area contributed by atoms with E-state index in [0.29, 0.717) is 19.0 Å². The van der Waals surface area contributed by atoms with Crippen molar-refractivity contribution in [2.75, 3.05) is 20.2 Å². The van der Waals surface area contributed by atoms with Crippen LogP contribution < -0.4 is 10.1 Å². The first-order valence-corrected chi connectivity index (χ1v) is 13.4. The molecule has 37 heavy (non-hydrogen) atoms. The number of ether oxygens (including phenoxy) is 1. The van der Waals surface area contributed by atoms with E-state index >= 15 is 0 Å². The molecule has 6 rings (SSSR count). The molecule has 2 N–H and O–H groups in total. The number of methoxy groups -OCH3 is 1. The Morgan fingerprint density at radius 2 is 1.65 bits per heavy atom. The summed E-state index contributed by atoms with van der Waals surface area (Å²) in [6, 6.07) is 28.0. The fourth-order valence-electron chi connectivity index (χ4n) is 6.56. The quantitative estimate of drug-likeness (QED) is 0.407. The number of aliphatic carboxylic acids is 1. The van der Waals surface area contributed by atoms with Crippen molar-refractivity contribution in [2.45, 2.75) is 50.7 Å². The van der Waals surface area contributed by atoms with Crippen molar-refractivity contribution >= 4 is 5.97 Å². The minimum absolute atomic E-state index is 0.0291. The first-order chi connectivity index (χ1) is 18.0. The Bertz CT molecular complexity index is 1160. The molecule has 3 aromatic carbocycles. The number of nitrogens with one attached hydrogen (secondary N) is 1. The van der Waals surface area contributed by atoms with E-state index in [1.54, 1.807) is 7.11 Å². The van der Waals surface area contributed by atoms with Crippen molar-refractivity contribution < 1.29 is 14.6 Å². The lowest BCUT2D eigenvalue weighted by molar-refractivity contribution is -0.152. The van der Waals surface area contributed by atoms with Gasteiger partial charge in [-0.25, -0.2) is 0 Å². The molecule has 3 aliphatic heterocycles. The molecular weight excluding hydrogens is 460 g/mol. The molecule has 1 unspecified atom stereocenters. The Labute approximate surface area is 220 Å². The lowest BCUT2D eigenvalue weighted by Gasteiger charge is -2.56. The zero-order valence-corrected chi connectivity index (χ0v) is 22.0. The molecule has 3 fully saturated rings. The molecule has 0 radical (unpaired) electrons. The highest BCUT2D eigenvalue weighted by atomic mass is 16.5. The van der Waals surface area contributed by atoms with Crippen LogP contribution >= 0.6 is 0 Å². The average molecular weight is 499 g/mol. The van der Waals surface area contributed by atoms with Crippen LogP contribution in [0.2, 0.25) is 0 Å². The molecule has 0 amide bonds. The normalized spacial score (nSPS) is 24.9. The van der Waals surface area contributed by atoms with Crippen molar-refractivity contribution in [3.8, 4) is 5.75 Å². The number of hydrogen-bond donors (Lipinski definition) is 2. The largest absolute Gasteiger partial charge is 0.496 e. The number of fused-ring (bicyclic) bond motifs is 3. The molecule has 3 aliphatic rings. The van der Waals surface area contributed by atoms with Gasteiger partial charge in [-0.15, -0.1) is 0 Å². The predicted octanol–water partition coefficient (Wildman–Crippen LogP) is 5.51. The van der Waals surface area contributed by atoms with Gasteiger partial charge in [-0.3, -0.25) is 9.69 Å². The molecule has 5 atom stereocenters. The first-order valence-electron chi connectivity index (χ1n) is 13.4. The molecule has 0 aliphatic carbocycles. The number of carboxylic acids is 1. The van der Waals surface area contributed by atoms with Gasteiger partial charge in [0.15, 0.2) is 0 Å². The van der Waals surface area contributed by atoms with Crippen molar-refractivity contribution in [2.24, 2.45) is 11.8 Å². The monoisotopic (exact) mass is 498 g/mol. The lowest BCUT2D eigenvalue weighted by atomic mass is 9.66. The van der Waals surface area contributed by atoms with Crippen LogP contribution in [-0.4, -0.2) is 48.3 Å². The van der Waals surface area contributed by atoms with Gasteiger partial charge >= 0.3 is 5.97 Å². The Morgan fingerprint density at radius 1 is 1.00 bits per heavy atom. The number of benzene rings is 3. The van der Waals surface area contributed by atoms with Crippen LogP contribution in [0.4, 0.5) is 0 Å². The van der Waals surface area contributed by atoms with Crippen LogP contribution in [0.3, 0.4) is 0 Å². The van der Waals surface area contributed by atoms with Crippen LogP contribution in [0.5, 0.6) is 5.75 Å². The molecule has 5 heteroatoms. The number of carbonyl (C=O) groups is 1. The maximum Gasteiger partial charge on any atom is 0.308 e. The summed E-state index contributed by atoms with van der Waals surface area (Å²) in [5, 5.41) is 14.0. The van der Waals surface area contributed by atoms with Gasteiger partial charge in [-0.1, -0.05) is 86.6 Å². The Balaban J connectivity index is 1.54. The molecule has 2 bridgehead atoms. The Kier molecular flexibility index (Phi) is 7.63. The number of nitrogens with zero attached hydrogens (tertiary/aromatic N) is 1. The number of carboxylic acid groups (broad SMARTS) is 1. The maximum atomic E-state index is 12.3. The minimum atomic E-state index is -0.685. The summed E-state index contributed by atoms with van der Waals surface area (Å²) in [5.74, 6) is 0.454. The summed E-state index contributed by atoms with van der Waals surface area (Å²) in [4.78, 5) is 14.8. The fraction of sp³-hybridized carbons (Fsp3) is 0.406. The second-order valence-electron chi connectivity index (χ2n) is 10.8. The molecule has 0 aromatic heterocycles. The average Bonchev–Trinajstić information content (AvgIpc) is 2.93. The number of hydrogen-bond acceptors (Lipinski definition) is 4. The van der Waals surface area contributed by atoms with E-state index in [1.807, 2.05) is 0 Å². The van der Waals surface area contributed by atoms with E-state index in [2.05, 4.69) is 103 Å². The summed E-state index contributed by atoms with van der Waals surface area (Å²) < 4.78 is 5.71. The zero-order chi connectivity index (χ0) is 25.9. The topological polar surface area (TPSA) is 61.8 Å². The van der Waals surface area contributed by atoms with E-state index < -0.39 is 5.97 Å². The molecular formula is C32H38N2O3. The highest BCUT2D eigenvalue weighted by Gasteiger charge is 2.52. The van der Waals surface area contributed by atoms with Gasteiger partial charge in [0, 0.05) is 36.7 Å². The van der Waals surface area contributed by atoms with E-state index in [0.717, 1.165) is 24.3 Å². The second kappa shape index (κ2) is 11.1. The first kappa shape index (κ1) is 25.5. The van der Waals surface area contributed by atoms with Crippen LogP contribution in [0.25, 0.3) is 0 Å². The number of rotatable bonds is 9. The van der Waals surface area contributed by atoms with Gasteiger partial charge in [0.05, 0.1) is 13.0 Å². The van der Waals surface area contributed by atoms with E-state index in [1.165, 1.54) is 16.7 Å². The van der Waals surface area contributed by atoms with Crippen LogP contribution in [0.15, 0.2) is 78.9 Å². The molecule has 5 nitrogen and oxygen atoms in total. The molecule has 0 saturated carbocycles. The van der Waals surface area contributed by atoms with E-state index in [9.17, 15) is 9.90 Å². The molecule has 3 heterocycles. The van der Waals surface area contributed by atoms with Crippen molar-refractivity contribution in [3.05, 3.63) is 101 Å².